The highest BCUT2D eigenvalue weighted by atomic mass is 16.1. The van der Waals surface area contributed by atoms with E-state index in [0.717, 1.165) is 18.5 Å². The van der Waals surface area contributed by atoms with Crippen molar-refractivity contribution >= 4 is 11.6 Å². The first-order valence-electron chi connectivity index (χ1n) is 5.78. The zero-order valence-corrected chi connectivity index (χ0v) is 10.4. The third kappa shape index (κ3) is 5.35. The van der Waals surface area contributed by atoms with E-state index < -0.39 is 0 Å². The Morgan fingerprint density at radius 2 is 1.88 bits per heavy atom. The van der Waals surface area contributed by atoms with E-state index in [-0.39, 0.29) is 5.91 Å². The van der Waals surface area contributed by atoms with E-state index in [9.17, 15) is 4.79 Å². The molecule has 1 rings (SSSR count). The largest absolute Gasteiger partial charge is 0.323 e. The highest BCUT2D eigenvalue weighted by Gasteiger charge is 1.96. The van der Waals surface area contributed by atoms with Crippen LogP contribution in [0.2, 0.25) is 0 Å². The summed E-state index contributed by atoms with van der Waals surface area (Å²) in [7, 11) is 0. The van der Waals surface area contributed by atoms with Crippen molar-refractivity contribution in [3.8, 4) is 0 Å². The number of rotatable bonds is 4. The molecule has 0 unspecified atom stereocenters. The summed E-state index contributed by atoms with van der Waals surface area (Å²) in [6, 6.07) is 7.88. The fourth-order valence-electron chi connectivity index (χ4n) is 1.24. The Bertz CT molecular complexity index is 314. The number of carbonyl (C=O) groups is 1. The number of benzene rings is 1. The maximum atomic E-state index is 11.0. The Kier molecular flexibility index (Phi) is 7.86. The second-order valence-corrected chi connectivity index (χ2v) is 3.14. The van der Waals surface area contributed by atoms with E-state index in [4.69, 9.17) is 0 Å². The van der Waals surface area contributed by atoms with Gasteiger partial charge >= 0.3 is 0 Å². The van der Waals surface area contributed by atoms with Gasteiger partial charge in [-0.1, -0.05) is 45.9 Å². The van der Waals surface area contributed by atoms with Gasteiger partial charge in [0.1, 0.15) is 0 Å². The van der Waals surface area contributed by atoms with Gasteiger partial charge in [0.15, 0.2) is 0 Å². The van der Waals surface area contributed by atoms with Crippen LogP contribution in [-0.2, 0) is 11.2 Å². The number of nitrogens with one attached hydrogen (secondary N) is 1. The molecule has 2 heteroatoms. The normalized spacial score (nSPS) is 8.69. The van der Waals surface area contributed by atoms with E-state index in [1.807, 2.05) is 38.1 Å². The van der Waals surface area contributed by atoms with E-state index in [1.54, 1.807) is 0 Å². The van der Waals surface area contributed by atoms with Crippen LogP contribution in [0.15, 0.2) is 36.9 Å². The van der Waals surface area contributed by atoms with Gasteiger partial charge < -0.3 is 5.32 Å². The summed E-state index contributed by atoms with van der Waals surface area (Å²) in [5.74, 6) is -0.173. The lowest BCUT2D eigenvalue weighted by atomic mass is 10.1. The molecule has 0 aliphatic rings. The molecule has 88 valence electrons. The Hall–Kier alpha value is -1.57. The van der Waals surface area contributed by atoms with Crippen molar-refractivity contribution in [2.45, 2.75) is 33.6 Å². The average molecular weight is 219 g/mol. The standard InChI is InChI=1S/C12H15NO.C2H6/c1-3-5-10-6-8-11(9-7-10)13-12(14)4-2;1-2/h4,6-9H,2-3,5H2,1H3,(H,13,14);1-2H3. The molecule has 0 aromatic heterocycles. The molecule has 2 nitrogen and oxygen atoms in total. The summed E-state index contributed by atoms with van der Waals surface area (Å²) in [4.78, 5) is 11.0. The molecular weight excluding hydrogens is 198 g/mol. The Labute approximate surface area is 98.4 Å². The second kappa shape index (κ2) is 8.72. The molecule has 16 heavy (non-hydrogen) atoms. The molecule has 1 aromatic carbocycles. The molecule has 0 saturated heterocycles. The molecule has 0 fully saturated rings. The van der Waals surface area contributed by atoms with Gasteiger partial charge in [0.05, 0.1) is 0 Å². The van der Waals surface area contributed by atoms with Gasteiger partial charge in [-0.05, 0) is 30.2 Å². The molecule has 0 heterocycles. The van der Waals surface area contributed by atoms with Crippen molar-refractivity contribution in [1.29, 1.82) is 0 Å². The maximum Gasteiger partial charge on any atom is 0.247 e. The van der Waals surface area contributed by atoms with Gasteiger partial charge in [0.2, 0.25) is 5.91 Å². The second-order valence-electron chi connectivity index (χ2n) is 3.14. The van der Waals surface area contributed by atoms with Crippen molar-refractivity contribution in [3.05, 3.63) is 42.5 Å². The first kappa shape index (κ1) is 14.4. The first-order valence-corrected chi connectivity index (χ1v) is 5.78. The van der Waals surface area contributed by atoms with Crippen LogP contribution in [0, 0.1) is 0 Å². The fourth-order valence-corrected chi connectivity index (χ4v) is 1.24. The van der Waals surface area contributed by atoms with E-state index >= 15 is 0 Å². The minimum Gasteiger partial charge on any atom is -0.323 e. The minimum absolute atomic E-state index is 0.173. The summed E-state index contributed by atoms with van der Waals surface area (Å²) >= 11 is 0. The molecule has 1 N–H and O–H groups in total. The number of amides is 1. The van der Waals surface area contributed by atoms with E-state index in [1.165, 1.54) is 11.6 Å². The lowest BCUT2D eigenvalue weighted by Crippen LogP contribution is -2.06. The average Bonchev–Trinajstić information content (AvgIpc) is 2.34. The van der Waals surface area contributed by atoms with Crippen molar-refractivity contribution in [3.63, 3.8) is 0 Å². The molecule has 1 aromatic rings. The smallest absolute Gasteiger partial charge is 0.247 e. The summed E-state index contributed by atoms with van der Waals surface area (Å²) in [6.07, 6.45) is 3.48. The minimum atomic E-state index is -0.173. The number of anilines is 1. The van der Waals surface area contributed by atoms with Crippen LogP contribution in [0.5, 0.6) is 0 Å². The van der Waals surface area contributed by atoms with Crippen LogP contribution in [0.1, 0.15) is 32.8 Å². The van der Waals surface area contributed by atoms with Crippen molar-refractivity contribution in [2.24, 2.45) is 0 Å². The van der Waals surface area contributed by atoms with Gasteiger partial charge in [-0.15, -0.1) is 0 Å². The molecule has 0 radical (unpaired) electrons. The summed E-state index contributed by atoms with van der Waals surface area (Å²) < 4.78 is 0. The summed E-state index contributed by atoms with van der Waals surface area (Å²) in [6.45, 7) is 9.54. The highest BCUT2D eigenvalue weighted by molar-refractivity contribution is 5.98. The van der Waals surface area contributed by atoms with Crippen LogP contribution in [0.3, 0.4) is 0 Å². The first-order chi connectivity index (χ1) is 7.76. The zero-order valence-electron chi connectivity index (χ0n) is 10.4. The van der Waals surface area contributed by atoms with Crippen molar-refractivity contribution in [2.75, 3.05) is 5.32 Å². The van der Waals surface area contributed by atoms with Gasteiger partial charge in [-0.3, -0.25) is 4.79 Å². The van der Waals surface area contributed by atoms with Gasteiger partial charge in [-0.2, -0.15) is 0 Å². The molecule has 0 aliphatic heterocycles. The van der Waals surface area contributed by atoms with Gasteiger partial charge in [0, 0.05) is 5.69 Å². The van der Waals surface area contributed by atoms with Gasteiger partial charge in [0.25, 0.3) is 0 Å². The fraction of sp³-hybridized carbons (Fsp3) is 0.357. The van der Waals surface area contributed by atoms with Crippen LogP contribution in [0.4, 0.5) is 5.69 Å². The molecule has 1 amide bonds. The molecule has 0 aliphatic carbocycles. The molecular formula is C14H21NO. The van der Waals surface area contributed by atoms with Crippen molar-refractivity contribution in [1.82, 2.24) is 0 Å². The monoisotopic (exact) mass is 219 g/mol. The Morgan fingerprint density at radius 1 is 1.31 bits per heavy atom. The molecule has 0 saturated carbocycles. The predicted molar refractivity (Wildman–Crippen MR) is 70.6 cm³/mol. The quantitative estimate of drug-likeness (QED) is 0.767. The number of carbonyl (C=O) groups excluding carboxylic acids is 1. The Morgan fingerprint density at radius 3 is 2.31 bits per heavy atom. The van der Waals surface area contributed by atoms with E-state index in [2.05, 4.69) is 18.8 Å². The number of hydrogen-bond acceptors (Lipinski definition) is 1. The molecule has 0 spiro atoms. The third-order valence-corrected chi connectivity index (χ3v) is 1.95. The van der Waals surface area contributed by atoms with Crippen LogP contribution in [-0.4, -0.2) is 5.91 Å². The third-order valence-electron chi connectivity index (χ3n) is 1.95. The number of aryl methyl sites for hydroxylation is 1. The van der Waals surface area contributed by atoms with Gasteiger partial charge in [-0.25, -0.2) is 0 Å². The van der Waals surface area contributed by atoms with Crippen molar-refractivity contribution < 1.29 is 4.79 Å². The lowest BCUT2D eigenvalue weighted by molar-refractivity contribution is -0.111. The van der Waals surface area contributed by atoms with Crippen LogP contribution >= 0.6 is 0 Å². The zero-order chi connectivity index (χ0) is 12.4. The SMILES string of the molecule is C=CC(=O)Nc1ccc(CCC)cc1.CC. The predicted octanol–water partition coefficient (Wildman–Crippen LogP) is 3.79. The molecule has 0 bridgehead atoms. The van der Waals surface area contributed by atoms with Crippen LogP contribution in [0.25, 0.3) is 0 Å². The van der Waals surface area contributed by atoms with E-state index in [0.29, 0.717) is 0 Å². The Balaban J connectivity index is 0.00000106. The summed E-state index contributed by atoms with van der Waals surface area (Å²) in [5.41, 5.74) is 2.11. The summed E-state index contributed by atoms with van der Waals surface area (Å²) in [5, 5.41) is 2.70. The molecule has 0 atom stereocenters. The lowest BCUT2D eigenvalue weighted by Gasteiger charge is -2.03. The maximum absolute atomic E-state index is 11.0. The number of hydrogen-bond donors (Lipinski definition) is 1. The van der Waals surface area contributed by atoms with Crippen LogP contribution < -0.4 is 5.32 Å². The highest BCUT2D eigenvalue weighted by Crippen LogP contribution is 2.10. The topological polar surface area (TPSA) is 29.1 Å².